The van der Waals surface area contributed by atoms with E-state index in [0.29, 0.717) is 32.6 Å². The van der Waals surface area contributed by atoms with Gasteiger partial charge in [-0.1, -0.05) is 66.7 Å². The summed E-state index contributed by atoms with van der Waals surface area (Å²) in [7, 11) is 0. The van der Waals surface area contributed by atoms with Crippen LogP contribution in [-0.2, 0) is 32.2 Å². The van der Waals surface area contributed by atoms with E-state index in [2.05, 4.69) is 10.00 Å². The van der Waals surface area contributed by atoms with Gasteiger partial charge in [0.1, 0.15) is 5.82 Å². The first kappa shape index (κ1) is 31.0. The Hall–Kier alpha value is -3.90. The zero-order valence-corrected chi connectivity index (χ0v) is 23.7. The molecule has 0 atom stereocenters. The molecule has 12 heteroatoms. The first-order chi connectivity index (χ1) is 19.7. The number of piperazine rings is 1. The van der Waals surface area contributed by atoms with Gasteiger partial charge in [-0.25, -0.2) is 13.9 Å². The van der Waals surface area contributed by atoms with Crippen molar-refractivity contribution in [3.63, 3.8) is 0 Å². The highest BCUT2D eigenvalue weighted by Gasteiger charge is 2.35. The monoisotopic (exact) mass is 601 g/mol. The Balaban J connectivity index is 0.00000405. The molecule has 1 aliphatic heterocycles. The van der Waals surface area contributed by atoms with Gasteiger partial charge < -0.3 is 4.90 Å². The largest absolute Gasteiger partial charge is 0.416 e. The number of aryl methyl sites for hydroxylation is 1. The summed E-state index contributed by atoms with van der Waals surface area (Å²) in [5.41, 5.74) is -1.38. The van der Waals surface area contributed by atoms with Crippen LogP contribution in [0.4, 0.5) is 23.4 Å². The average Bonchev–Trinajstić information content (AvgIpc) is 2.96. The van der Waals surface area contributed by atoms with Gasteiger partial charge in [0, 0.05) is 44.8 Å². The van der Waals surface area contributed by atoms with Crippen molar-refractivity contribution in [2.75, 3.05) is 31.1 Å². The van der Waals surface area contributed by atoms with Gasteiger partial charge in [0.05, 0.1) is 12.1 Å². The average molecular weight is 602 g/mol. The number of benzene rings is 3. The van der Waals surface area contributed by atoms with Crippen LogP contribution >= 0.6 is 13.5 Å². The molecule has 1 saturated heterocycles. The summed E-state index contributed by atoms with van der Waals surface area (Å²) in [6, 6.07) is 21.8. The molecular formula is C30H31F4N5O2S. The molecule has 0 unspecified atom stereocenters. The van der Waals surface area contributed by atoms with Crippen LogP contribution in [0.5, 0.6) is 0 Å². The molecule has 4 aromatic rings. The molecule has 0 amide bonds. The highest BCUT2D eigenvalue weighted by molar-refractivity contribution is 7.59. The molecule has 3 aromatic carbocycles. The highest BCUT2D eigenvalue weighted by Crippen LogP contribution is 2.33. The summed E-state index contributed by atoms with van der Waals surface area (Å²) in [6.07, 6.45) is -4.49. The molecule has 1 aliphatic rings. The Morgan fingerprint density at radius 2 is 1.38 bits per heavy atom. The van der Waals surface area contributed by atoms with E-state index in [1.807, 2.05) is 60.7 Å². The van der Waals surface area contributed by atoms with Gasteiger partial charge in [0.15, 0.2) is 0 Å². The summed E-state index contributed by atoms with van der Waals surface area (Å²) in [4.78, 5) is 30.9. The Morgan fingerprint density at radius 3 is 2.00 bits per heavy atom. The van der Waals surface area contributed by atoms with E-state index < -0.39 is 40.9 Å². The molecule has 5 rings (SSSR count). The maximum Gasteiger partial charge on any atom is 0.416 e. The fourth-order valence-electron chi connectivity index (χ4n) is 5.03. The number of hydrogen-bond donors (Lipinski definition) is 0. The number of hydrogen-bond acceptors (Lipinski definition) is 5. The minimum Gasteiger partial charge on any atom is -0.348 e. The molecule has 222 valence electrons. The van der Waals surface area contributed by atoms with Crippen molar-refractivity contribution in [3.05, 3.63) is 128 Å². The Bertz CT molecular complexity index is 1600. The van der Waals surface area contributed by atoms with Gasteiger partial charge in [-0.15, -0.1) is 5.10 Å². The van der Waals surface area contributed by atoms with Crippen molar-refractivity contribution in [1.82, 2.24) is 19.2 Å². The standard InChI is InChI=1S/C30H29F4N5O2.H2S/c31-26-13-7-12-25(30(32,33)34)24(26)21-39-29(41)38(15-14-22-8-3-1-4-9-22)28(40)27(35-39)37-18-16-36(17-19-37)20-23-10-5-2-6-11-23;/h1-13H,14-21H2;1H2. The molecule has 0 radical (unpaired) electrons. The number of alkyl halides is 3. The molecule has 0 aliphatic carbocycles. The summed E-state index contributed by atoms with van der Waals surface area (Å²) in [5, 5.41) is 4.22. The van der Waals surface area contributed by atoms with Crippen molar-refractivity contribution < 1.29 is 17.6 Å². The third-order valence-electron chi connectivity index (χ3n) is 7.22. The van der Waals surface area contributed by atoms with Gasteiger partial charge in [-0.05, 0) is 29.7 Å². The predicted octanol–water partition coefficient (Wildman–Crippen LogP) is 4.29. The number of anilines is 1. The van der Waals surface area contributed by atoms with E-state index in [9.17, 15) is 27.2 Å². The van der Waals surface area contributed by atoms with E-state index in [1.165, 1.54) is 0 Å². The Morgan fingerprint density at radius 1 is 0.762 bits per heavy atom. The summed E-state index contributed by atoms with van der Waals surface area (Å²) in [5.74, 6) is -1.14. The van der Waals surface area contributed by atoms with Gasteiger partial charge in [0.2, 0.25) is 5.82 Å². The van der Waals surface area contributed by atoms with Crippen LogP contribution in [0, 0.1) is 5.82 Å². The van der Waals surface area contributed by atoms with Crippen molar-refractivity contribution in [2.24, 2.45) is 0 Å². The molecule has 42 heavy (non-hydrogen) atoms. The molecular weight excluding hydrogens is 570 g/mol. The van der Waals surface area contributed by atoms with E-state index in [1.54, 1.807) is 4.90 Å². The molecule has 1 fully saturated rings. The van der Waals surface area contributed by atoms with Gasteiger partial charge in [-0.3, -0.25) is 14.3 Å². The Labute approximate surface area is 247 Å². The molecule has 7 nitrogen and oxygen atoms in total. The van der Waals surface area contributed by atoms with E-state index >= 15 is 0 Å². The van der Waals surface area contributed by atoms with Crippen molar-refractivity contribution in [1.29, 1.82) is 0 Å². The summed E-state index contributed by atoms with van der Waals surface area (Å²) >= 11 is 0. The van der Waals surface area contributed by atoms with Gasteiger partial charge in [-0.2, -0.15) is 26.7 Å². The minimum absolute atomic E-state index is 0. The van der Waals surface area contributed by atoms with E-state index in [4.69, 9.17) is 0 Å². The molecule has 0 N–H and O–H groups in total. The summed E-state index contributed by atoms with van der Waals surface area (Å²) in [6.45, 7) is 2.05. The first-order valence-electron chi connectivity index (χ1n) is 13.3. The maximum atomic E-state index is 14.7. The van der Waals surface area contributed by atoms with Crippen LogP contribution in [-0.4, -0.2) is 45.4 Å². The fourth-order valence-corrected chi connectivity index (χ4v) is 5.03. The maximum absolute atomic E-state index is 14.7. The number of rotatable bonds is 8. The zero-order valence-electron chi connectivity index (χ0n) is 22.7. The summed E-state index contributed by atoms with van der Waals surface area (Å²) < 4.78 is 57.6. The van der Waals surface area contributed by atoms with Gasteiger partial charge in [0.25, 0.3) is 5.56 Å². The lowest BCUT2D eigenvalue weighted by Gasteiger charge is -2.35. The SMILES string of the molecule is O=c1c(N2CCN(Cc3ccccc3)CC2)nn(Cc2c(F)cccc2C(F)(F)F)c(=O)n1CCc1ccccc1.S. The molecule has 0 spiro atoms. The van der Waals surface area contributed by atoms with E-state index in [0.717, 1.165) is 45.1 Å². The molecule has 1 aromatic heterocycles. The van der Waals surface area contributed by atoms with Crippen LogP contribution in [0.15, 0.2) is 88.5 Å². The Kier molecular flexibility index (Phi) is 9.89. The van der Waals surface area contributed by atoms with Gasteiger partial charge >= 0.3 is 11.9 Å². The zero-order chi connectivity index (χ0) is 29.0. The quantitative estimate of drug-likeness (QED) is 0.282. The number of nitrogens with zero attached hydrogens (tertiary/aromatic N) is 5. The normalized spacial score (nSPS) is 14.0. The first-order valence-corrected chi connectivity index (χ1v) is 13.3. The second-order valence-corrected chi connectivity index (χ2v) is 9.97. The number of halogens is 4. The van der Waals surface area contributed by atoms with Crippen molar-refractivity contribution in [2.45, 2.75) is 32.2 Å². The molecule has 2 heterocycles. The van der Waals surface area contributed by atoms with Crippen LogP contribution in [0.25, 0.3) is 0 Å². The fraction of sp³-hybridized carbons (Fsp3) is 0.300. The third kappa shape index (κ3) is 7.11. The van der Waals surface area contributed by atoms with Crippen molar-refractivity contribution >= 4 is 19.3 Å². The van der Waals surface area contributed by atoms with Crippen LogP contribution in [0.3, 0.4) is 0 Å². The van der Waals surface area contributed by atoms with Crippen molar-refractivity contribution in [3.8, 4) is 0 Å². The minimum atomic E-state index is -4.83. The third-order valence-corrected chi connectivity index (χ3v) is 7.22. The molecule has 0 bridgehead atoms. The second kappa shape index (κ2) is 13.4. The van der Waals surface area contributed by atoms with Crippen LogP contribution in [0.2, 0.25) is 0 Å². The van der Waals surface area contributed by atoms with Crippen LogP contribution < -0.4 is 16.1 Å². The van der Waals surface area contributed by atoms with E-state index in [-0.39, 0.29) is 25.9 Å². The number of aromatic nitrogens is 3. The lowest BCUT2D eigenvalue weighted by molar-refractivity contribution is -0.138. The second-order valence-electron chi connectivity index (χ2n) is 9.97. The molecule has 0 saturated carbocycles. The van der Waals surface area contributed by atoms with Crippen LogP contribution in [0.1, 0.15) is 22.3 Å². The lowest BCUT2D eigenvalue weighted by Crippen LogP contribution is -2.51. The topological polar surface area (TPSA) is 63.4 Å². The predicted molar refractivity (Wildman–Crippen MR) is 158 cm³/mol. The lowest BCUT2D eigenvalue weighted by atomic mass is 10.1. The smallest absolute Gasteiger partial charge is 0.348 e. The highest BCUT2D eigenvalue weighted by atomic mass is 32.1.